The quantitative estimate of drug-likeness (QED) is 0.823. The van der Waals surface area contributed by atoms with Crippen molar-refractivity contribution in [3.8, 4) is 0 Å². The monoisotopic (exact) mass is 322 g/mol. The van der Waals surface area contributed by atoms with E-state index in [4.69, 9.17) is 21.7 Å². The van der Waals surface area contributed by atoms with Crippen molar-refractivity contribution in [2.75, 3.05) is 13.1 Å². The highest BCUT2D eigenvalue weighted by atomic mass is 35.5. The van der Waals surface area contributed by atoms with Gasteiger partial charge in [0, 0.05) is 29.7 Å². The number of amides is 1. The Bertz CT molecular complexity index is 541. The fraction of sp³-hybridized carbons (Fsp3) is 0.529. The van der Waals surface area contributed by atoms with Gasteiger partial charge in [0.15, 0.2) is 0 Å². The molecule has 0 spiro atoms. The Hall–Kier alpha value is -1.55. The lowest BCUT2D eigenvalue weighted by molar-refractivity contribution is 0.0202. The number of hydrogen-bond donors (Lipinski definition) is 1. The summed E-state index contributed by atoms with van der Waals surface area (Å²) < 4.78 is 5.39. The molecule has 0 bridgehead atoms. The van der Waals surface area contributed by atoms with Gasteiger partial charge in [0.25, 0.3) is 0 Å². The van der Waals surface area contributed by atoms with E-state index >= 15 is 0 Å². The van der Waals surface area contributed by atoms with Crippen LogP contribution < -0.4 is 0 Å². The van der Waals surface area contributed by atoms with Gasteiger partial charge in [-0.25, -0.2) is 4.79 Å². The highest BCUT2D eigenvalue weighted by Crippen LogP contribution is 2.23. The Balaban J connectivity index is 1.90. The van der Waals surface area contributed by atoms with Gasteiger partial charge in [-0.1, -0.05) is 23.7 Å². The van der Waals surface area contributed by atoms with Gasteiger partial charge >= 0.3 is 6.09 Å². The van der Waals surface area contributed by atoms with Crippen molar-refractivity contribution >= 4 is 23.4 Å². The molecule has 1 amide bonds. The van der Waals surface area contributed by atoms with Gasteiger partial charge in [0.1, 0.15) is 5.60 Å². The lowest BCUT2D eigenvalue weighted by Gasteiger charge is -2.33. The van der Waals surface area contributed by atoms with Crippen LogP contribution in [0.4, 0.5) is 4.79 Å². The summed E-state index contributed by atoms with van der Waals surface area (Å²) in [5, 5.41) is 9.01. The van der Waals surface area contributed by atoms with Crippen LogP contribution in [0.15, 0.2) is 24.3 Å². The molecule has 2 rings (SSSR count). The number of nitrogens with one attached hydrogen (secondary N) is 1. The van der Waals surface area contributed by atoms with Gasteiger partial charge in [-0.3, -0.25) is 0 Å². The molecule has 1 aliphatic rings. The van der Waals surface area contributed by atoms with Gasteiger partial charge in [-0.05, 0) is 51.3 Å². The van der Waals surface area contributed by atoms with Crippen LogP contribution in [0.1, 0.15) is 39.2 Å². The Kier molecular flexibility index (Phi) is 5.12. The number of carbonyl (C=O) groups is 1. The van der Waals surface area contributed by atoms with Crippen molar-refractivity contribution in [1.29, 1.82) is 5.41 Å². The van der Waals surface area contributed by atoms with Crippen molar-refractivity contribution < 1.29 is 9.53 Å². The van der Waals surface area contributed by atoms with Crippen LogP contribution in [0.3, 0.4) is 0 Å². The maximum absolute atomic E-state index is 12.0. The minimum absolute atomic E-state index is 0.180. The Morgan fingerprint density at radius 3 is 2.27 bits per heavy atom. The van der Waals surface area contributed by atoms with E-state index in [1.807, 2.05) is 32.9 Å². The molecule has 0 radical (unpaired) electrons. The van der Waals surface area contributed by atoms with Gasteiger partial charge < -0.3 is 15.0 Å². The van der Waals surface area contributed by atoms with E-state index in [0.29, 0.717) is 23.8 Å². The molecule has 120 valence electrons. The summed E-state index contributed by atoms with van der Waals surface area (Å²) >= 11 is 5.88. The van der Waals surface area contributed by atoms with Crippen LogP contribution in [0, 0.1) is 11.3 Å². The van der Waals surface area contributed by atoms with E-state index in [9.17, 15) is 4.79 Å². The van der Waals surface area contributed by atoms with E-state index in [1.54, 1.807) is 17.0 Å². The van der Waals surface area contributed by atoms with E-state index in [2.05, 4.69) is 0 Å². The fourth-order valence-corrected chi connectivity index (χ4v) is 2.67. The topological polar surface area (TPSA) is 53.4 Å². The van der Waals surface area contributed by atoms with Gasteiger partial charge in [0.05, 0.1) is 0 Å². The molecule has 5 heteroatoms. The van der Waals surface area contributed by atoms with Gasteiger partial charge in [-0.15, -0.1) is 0 Å². The molecule has 0 aliphatic carbocycles. The van der Waals surface area contributed by atoms with Gasteiger partial charge in [0.2, 0.25) is 0 Å². The van der Waals surface area contributed by atoms with Crippen LogP contribution in [-0.2, 0) is 4.74 Å². The van der Waals surface area contributed by atoms with E-state index in [0.717, 1.165) is 18.4 Å². The van der Waals surface area contributed by atoms with Crippen molar-refractivity contribution in [3.05, 3.63) is 34.9 Å². The number of hydrogen-bond acceptors (Lipinski definition) is 3. The normalized spacial score (nSPS) is 16.5. The van der Waals surface area contributed by atoms with Crippen molar-refractivity contribution in [2.45, 2.75) is 39.2 Å². The van der Waals surface area contributed by atoms with E-state index < -0.39 is 5.60 Å². The van der Waals surface area contributed by atoms with Crippen molar-refractivity contribution in [1.82, 2.24) is 4.90 Å². The Labute approximate surface area is 136 Å². The molecule has 1 heterocycles. The smallest absolute Gasteiger partial charge is 0.410 e. The first-order valence-electron chi connectivity index (χ1n) is 7.58. The van der Waals surface area contributed by atoms with Crippen LogP contribution >= 0.6 is 11.6 Å². The van der Waals surface area contributed by atoms with E-state index in [1.165, 1.54) is 0 Å². The molecule has 1 saturated heterocycles. The minimum atomic E-state index is -0.468. The molecule has 1 aromatic rings. The summed E-state index contributed by atoms with van der Waals surface area (Å²) in [4.78, 5) is 13.8. The maximum Gasteiger partial charge on any atom is 0.410 e. The zero-order chi connectivity index (χ0) is 16.3. The summed E-state index contributed by atoms with van der Waals surface area (Å²) in [6, 6.07) is 7.37. The van der Waals surface area contributed by atoms with Crippen LogP contribution in [-0.4, -0.2) is 35.4 Å². The number of benzene rings is 1. The first-order valence-corrected chi connectivity index (χ1v) is 7.96. The molecule has 4 nitrogen and oxygen atoms in total. The number of ether oxygens (including phenoxy) is 1. The second-order valence-corrected chi connectivity index (χ2v) is 7.10. The predicted octanol–water partition coefficient (Wildman–Crippen LogP) is 4.35. The molecule has 1 fully saturated rings. The molecule has 0 unspecified atom stereocenters. The summed E-state index contributed by atoms with van der Waals surface area (Å²) in [6.07, 6.45) is 1.32. The zero-order valence-corrected chi connectivity index (χ0v) is 14.1. The summed E-state index contributed by atoms with van der Waals surface area (Å²) in [5.41, 5.74) is 1.06. The lowest BCUT2D eigenvalue weighted by atomic mass is 9.88. The van der Waals surface area contributed by atoms with Gasteiger partial charge in [-0.2, -0.15) is 0 Å². The highest BCUT2D eigenvalue weighted by Gasteiger charge is 2.28. The standard InChI is InChI=1S/C17H23ClN2O2/c1-17(2,3)22-16(21)20-10-8-13(9-11-20)15(19)12-4-6-14(18)7-5-12/h4-7,13,19H,8-11H2,1-3H3. The van der Waals surface area contributed by atoms with E-state index in [-0.39, 0.29) is 12.0 Å². The average molecular weight is 323 g/mol. The molecule has 0 atom stereocenters. The number of halogens is 1. The molecule has 1 aliphatic heterocycles. The molecular weight excluding hydrogens is 300 g/mol. The number of piperidine rings is 1. The fourth-order valence-electron chi connectivity index (χ4n) is 2.54. The molecule has 1 N–H and O–H groups in total. The van der Waals surface area contributed by atoms with Crippen LogP contribution in [0.2, 0.25) is 5.02 Å². The molecule has 0 aromatic heterocycles. The third-order valence-electron chi connectivity index (χ3n) is 3.71. The third-order valence-corrected chi connectivity index (χ3v) is 3.96. The maximum atomic E-state index is 12.0. The van der Waals surface area contributed by atoms with Crippen molar-refractivity contribution in [3.63, 3.8) is 0 Å². The number of rotatable bonds is 2. The molecule has 0 saturated carbocycles. The Morgan fingerprint density at radius 1 is 1.23 bits per heavy atom. The summed E-state index contributed by atoms with van der Waals surface area (Å²) in [7, 11) is 0. The Morgan fingerprint density at radius 2 is 1.77 bits per heavy atom. The molecule has 1 aromatic carbocycles. The van der Waals surface area contributed by atoms with Crippen LogP contribution in [0.25, 0.3) is 0 Å². The summed E-state index contributed by atoms with van der Waals surface area (Å²) in [6.45, 7) is 6.88. The second-order valence-electron chi connectivity index (χ2n) is 6.66. The summed E-state index contributed by atoms with van der Waals surface area (Å²) in [5.74, 6) is 0.180. The highest BCUT2D eigenvalue weighted by molar-refractivity contribution is 6.30. The lowest BCUT2D eigenvalue weighted by Crippen LogP contribution is -2.43. The number of likely N-dealkylation sites (tertiary alicyclic amines) is 1. The average Bonchev–Trinajstić information content (AvgIpc) is 2.46. The number of carbonyl (C=O) groups excluding carboxylic acids is 1. The predicted molar refractivity (Wildman–Crippen MR) is 88.8 cm³/mol. The molecule has 22 heavy (non-hydrogen) atoms. The minimum Gasteiger partial charge on any atom is -0.444 e. The van der Waals surface area contributed by atoms with Crippen LogP contribution in [0.5, 0.6) is 0 Å². The second kappa shape index (κ2) is 6.69. The largest absolute Gasteiger partial charge is 0.444 e. The SMILES string of the molecule is CC(C)(C)OC(=O)N1CCC(C(=N)c2ccc(Cl)cc2)CC1. The first kappa shape index (κ1) is 16.8. The third kappa shape index (κ3) is 4.47. The number of nitrogens with zero attached hydrogens (tertiary/aromatic N) is 1. The van der Waals surface area contributed by atoms with Crippen molar-refractivity contribution in [2.24, 2.45) is 5.92 Å². The molecular formula is C17H23ClN2O2. The first-order chi connectivity index (χ1) is 10.3. The zero-order valence-electron chi connectivity index (χ0n) is 13.4.